The molecule has 1 aliphatic carbocycles. The molecule has 1 amide bonds. The van der Waals surface area contributed by atoms with Crippen molar-refractivity contribution < 1.29 is 4.79 Å². The lowest BCUT2D eigenvalue weighted by atomic mass is 10.2. The van der Waals surface area contributed by atoms with Crippen LogP contribution in [-0.2, 0) is 0 Å². The number of carbonyl (C=O) groups excluding carboxylic acids is 1. The van der Waals surface area contributed by atoms with Gasteiger partial charge in [0.1, 0.15) is 5.03 Å². The number of carbonyl (C=O) groups is 1. The second-order valence-electron chi connectivity index (χ2n) is 6.37. The van der Waals surface area contributed by atoms with Crippen molar-refractivity contribution in [2.75, 3.05) is 13.6 Å². The molecule has 6 heteroatoms. The average Bonchev–Trinajstić information content (AvgIpc) is 3.46. The maximum atomic E-state index is 12.6. The standard InChI is InChI=1S/C19H22BrN3OS/c1-13(23(2)15-7-8-15)12-22-18(24)17-4-3-11-21-19(17)25-16-9-5-14(20)6-10-16/h3-6,9-11,13,15H,7-8,12H2,1-2H3,(H,22,24). The number of halogens is 1. The topological polar surface area (TPSA) is 45.2 Å². The van der Waals surface area contributed by atoms with Crippen LogP contribution in [0.15, 0.2) is 57.0 Å². The average molecular weight is 420 g/mol. The number of likely N-dealkylation sites (N-methyl/N-ethyl adjacent to an activating group) is 1. The molecule has 1 N–H and O–H groups in total. The highest BCUT2D eigenvalue weighted by Crippen LogP contribution is 2.30. The quantitative estimate of drug-likeness (QED) is 0.729. The fourth-order valence-corrected chi connectivity index (χ4v) is 3.72. The summed E-state index contributed by atoms with van der Waals surface area (Å²) in [5, 5.41) is 3.78. The number of aromatic nitrogens is 1. The minimum Gasteiger partial charge on any atom is -0.350 e. The number of nitrogens with zero attached hydrogens (tertiary/aromatic N) is 2. The van der Waals surface area contributed by atoms with Crippen molar-refractivity contribution in [3.05, 3.63) is 52.6 Å². The van der Waals surface area contributed by atoms with Crippen LogP contribution in [0.5, 0.6) is 0 Å². The molecule has 25 heavy (non-hydrogen) atoms. The lowest BCUT2D eigenvalue weighted by molar-refractivity contribution is 0.0936. The van der Waals surface area contributed by atoms with Crippen molar-refractivity contribution in [1.82, 2.24) is 15.2 Å². The zero-order valence-corrected chi connectivity index (χ0v) is 16.8. The fraction of sp³-hybridized carbons (Fsp3) is 0.368. The number of nitrogens with one attached hydrogen (secondary N) is 1. The van der Waals surface area contributed by atoms with Crippen LogP contribution >= 0.6 is 27.7 Å². The molecule has 1 heterocycles. The van der Waals surface area contributed by atoms with E-state index < -0.39 is 0 Å². The van der Waals surface area contributed by atoms with E-state index in [0.29, 0.717) is 24.2 Å². The predicted octanol–water partition coefficient (Wildman–Crippen LogP) is 4.21. The Morgan fingerprint density at radius 3 is 2.76 bits per heavy atom. The highest BCUT2D eigenvalue weighted by molar-refractivity contribution is 9.10. The van der Waals surface area contributed by atoms with E-state index in [4.69, 9.17) is 0 Å². The molecule has 0 radical (unpaired) electrons. The summed E-state index contributed by atoms with van der Waals surface area (Å²) in [6, 6.07) is 12.7. The van der Waals surface area contributed by atoms with Gasteiger partial charge in [-0.15, -0.1) is 0 Å². The van der Waals surface area contributed by atoms with E-state index in [0.717, 1.165) is 14.4 Å². The van der Waals surface area contributed by atoms with Crippen molar-refractivity contribution in [3.8, 4) is 0 Å². The molecule has 1 aliphatic rings. The number of hydrogen-bond acceptors (Lipinski definition) is 4. The Kier molecular flexibility index (Phi) is 6.15. The Morgan fingerprint density at radius 1 is 1.36 bits per heavy atom. The van der Waals surface area contributed by atoms with Gasteiger partial charge in [0, 0.05) is 34.2 Å². The van der Waals surface area contributed by atoms with E-state index in [9.17, 15) is 4.79 Å². The molecular formula is C19H22BrN3OS. The van der Waals surface area contributed by atoms with Crippen LogP contribution in [-0.4, -0.2) is 41.5 Å². The van der Waals surface area contributed by atoms with Gasteiger partial charge in [-0.3, -0.25) is 9.69 Å². The molecule has 2 aromatic rings. The van der Waals surface area contributed by atoms with Crippen LogP contribution in [0.1, 0.15) is 30.1 Å². The summed E-state index contributed by atoms with van der Waals surface area (Å²) < 4.78 is 1.03. The van der Waals surface area contributed by atoms with Gasteiger partial charge in [-0.05, 0) is 63.2 Å². The molecule has 1 saturated carbocycles. The molecule has 1 atom stereocenters. The Bertz CT molecular complexity index is 734. The molecule has 0 aliphatic heterocycles. The fourth-order valence-electron chi connectivity index (χ4n) is 2.58. The second kappa shape index (κ2) is 8.34. The molecule has 132 valence electrons. The SMILES string of the molecule is CC(CNC(=O)c1cccnc1Sc1ccc(Br)cc1)N(C)C1CC1. The van der Waals surface area contributed by atoms with E-state index in [1.165, 1.54) is 24.6 Å². The van der Waals surface area contributed by atoms with E-state index in [1.807, 2.05) is 30.3 Å². The van der Waals surface area contributed by atoms with Crippen LogP contribution in [0.4, 0.5) is 0 Å². The summed E-state index contributed by atoms with van der Waals surface area (Å²) >= 11 is 4.94. The maximum absolute atomic E-state index is 12.6. The minimum absolute atomic E-state index is 0.0660. The largest absolute Gasteiger partial charge is 0.350 e. The monoisotopic (exact) mass is 419 g/mol. The summed E-state index contributed by atoms with van der Waals surface area (Å²) in [7, 11) is 2.13. The van der Waals surface area contributed by atoms with Crippen molar-refractivity contribution in [2.24, 2.45) is 0 Å². The van der Waals surface area contributed by atoms with Gasteiger partial charge in [-0.25, -0.2) is 4.98 Å². The number of hydrogen-bond donors (Lipinski definition) is 1. The summed E-state index contributed by atoms with van der Waals surface area (Å²) in [5.74, 6) is -0.0660. The highest BCUT2D eigenvalue weighted by Gasteiger charge is 2.29. The van der Waals surface area contributed by atoms with Crippen molar-refractivity contribution >= 4 is 33.6 Å². The van der Waals surface area contributed by atoms with E-state index >= 15 is 0 Å². The molecule has 0 spiro atoms. The molecule has 0 bridgehead atoms. The van der Waals surface area contributed by atoms with Crippen LogP contribution in [0.25, 0.3) is 0 Å². The van der Waals surface area contributed by atoms with Gasteiger partial charge in [0.05, 0.1) is 5.56 Å². The molecule has 1 aromatic heterocycles. The van der Waals surface area contributed by atoms with Crippen molar-refractivity contribution in [1.29, 1.82) is 0 Å². The van der Waals surface area contributed by atoms with Gasteiger partial charge in [0.25, 0.3) is 5.91 Å². The lowest BCUT2D eigenvalue weighted by Gasteiger charge is -2.24. The van der Waals surface area contributed by atoms with E-state index in [-0.39, 0.29) is 5.91 Å². The smallest absolute Gasteiger partial charge is 0.254 e. The zero-order valence-electron chi connectivity index (χ0n) is 14.4. The molecule has 0 saturated heterocycles. The summed E-state index contributed by atoms with van der Waals surface area (Å²) in [4.78, 5) is 20.4. The first kappa shape index (κ1) is 18.4. The summed E-state index contributed by atoms with van der Waals surface area (Å²) in [6.07, 6.45) is 4.26. The zero-order chi connectivity index (χ0) is 17.8. The van der Waals surface area contributed by atoms with E-state index in [2.05, 4.69) is 45.1 Å². The Balaban J connectivity index is 1.64. The Labute approximate surface area is 161 Å². The first-order valence-electron chi connectivity index (χ1n) is 8.43. The third-order valence-corrected chi connectivity index (χ3v) is 5.98. The number of amides is 1. The number of pyridine rings is 1. The third-order valence-electron chi connectivity index (χ3n) is 4.42. The maximum Gasteiger partial charge on any atom is 0.254 e. The van der Waals surface area contributed by atoms with E-state index in [1.54, 1.807) is 12.3 Å². The second-order valence-corrected chi connectivity index (χ2v) is 8.35. The van der Waals surface area contributed by atoms with Gasteiger partial charge in [-0.1, -0.05) is 27.7 Å². The Hall–Kier alpha value is -1.37. The van der Waals surface area contributed by atoms with Gasteiger partial charge < -0.3 is 5.32 Å². The van der Waals surface area contributed by atoms with Crippen LogP contribution in [0.2, 0.25) is 0 Å². The molecular weight excluding hydrogens is 398 g/mol. The third kappa shape index (κ3) is 5.06. The molecule has 1 unspecified atom stereocenters. The van der Waals surface area contributed by atoms with Crippen LogP contribution in [0.3, 0.4) is 0 Å². The summed E-state index contributed by atoms with van der Waals surface area (Å²) in [6.45, 7) is 2.79. The van der Waals surface area contributed by atoms with Crippen molar-refractivity contribution in [2.45, 2.75) is 41.8 Å². The normalized spacial score (nSPS) is 15.2. The van der Waals surface area contributed by atoms with Gasteiger partial charge in [0.2, 0.25) is 0 Å². The minimum atomic E-state index is -0.0660. The highest BCUT2D eigenvalue weighted by atomic mass is 79.9. The van der Waals surface area contributed by atoms with Gasteiger partial charge in [-0.2, -0.15) is 0 Å². The number of rotatable bonds is 7. The molecule has 4 nitrogen and oxygen atoms in total. The lowest BCUT2D eigenvalue weighted by Crippen LogP contribution is -2.41. The first-order valence-corrected chi connectivity index (χ1v) is 10.0. The molecule has 1 fully saturated rings. The van der Waals surface area contributed by atoms with Gasteiger partial charge >= 0.3 is 0 Å². The number of benzene rings is 1. The van der Waals surface area contributed by atoms with Crippen LogP contribution in [0, 0.1) is 0 Å². The first-order chi connectivity index (χ1) is 12.0. The molecule has 1 aromatic carbocycles. The Morgan fingerprint density at radius 2 is 2.08 bits per heavy atom. The summed E-state index contributed by atoms with van der Waals surface area (Å²) in [5.41, 5.74) is 0.622. The van der Waals surface area contributed by atoms with Crippen molar-refractivity contribution in [3.63, 3.8) is 0 Å². The predicted molar refractivity (Wildman–Crippen MR) is 105 cm³/mol. The van der Waals surface area contributed by atoms with Gasteiger partial charge in [0.15, 0.2) is 0 Å². The molecule has 3 rings (SSSR count). The van der Waals surface area contributed by atoms with Crippen LogP contribution < -0.4 is 5.32 Å².